The fourth-order valence-electron chi connectivity index (χ4n) is 4.20. The Hall–Kier alpha value is -2.41. The number of fused-ring (bicyclic) bond motifs is 4. The second kappa shape index (κ2) is 6.09. The SMILES string of the molecule is O=C(C1CCCCn2nnnc21)N1CCc2[nH]c3c(Cl)cccc3c2C1. The Morgan fingerprint density at radius 1 is 1.27 bits per heavy atom. The van der Waals surface area contributed by atoms with E-state index in [2.05, 4.69) is 26.6 Å². The van der Waals surface area contributed by atoms with Crippen molar-refractivity contribution in [1.29, 1.82) is 0 Å². The highest BCUT2D eigenvalue weighted by atomic mass is 35.5. The van der Waals surface area contributed by atoms with E-state index in [0.29, 0.717) is 18.9 Å². The van der Waals surface area contributed by atoms with E-state index in [1.165, 1.54) is 11.3 Å². The smallest absolute Gasteiger partial charge is 0.233 e. The van der Waals surface area contributed by atoms with Gasteiger partial charge in [0.2, 0.25) is 5.91 Å². The Morgan fingerprint density at radius 3 is 3.12 bits per heavy atom. The molecule has 0 radical (unpaired) electrons. The van der Waals surface area contributed by atoms with Gasteiger partial charge in [-0.25, -0.2) is 4.68 Å². The Morgan fingerprint density at radius 2 is 2.19 bits per heavy atom. The lowest BCUT2D eigenvalue weighted by Crippen LogP contribution is -2.39. The molecule has 0 aliphatic carbocycles. The van der Waals surface area contributed by atoms with E-state index >= 15 is 0 Å². The minimum atomic E-state index is -0.247. The van der Waals surface area contributed by atoms with E-state index in [4.69, 9.17) is 11.6 Å². The molecule has 0 fully saturated rings. The number of carbonyl (C=O) groups is 1. The molecule has 2 aromatic heterocycles. The maximum atomic E-state index is 13.3. The molecule has 0 saturated heterocycles. The van der Waals surface area contributed by atoms with Crippen molar-refractivity contribution in [2.75, 3.05) is 6.54 Å². The highest BCUT2D eigenvalue weighted by molar-refractivity contribution is 6.35. The fraction of sp³-hybridized carbons (Fsp3) is 0.444. The Balaban J connectivity index is 1.47. The second-order valence-corrected chi connectivity index (χ2v) is 7.47. The monoisotopic (exact) mass is 370 g/mol. The van der Waals surface area contributed by atoms with E-state index in [9.17, 15) is 4.79 Å². The van der Waals surface area contributed by atoms with Crippen LogP contribution in [0.1, 0.15) is 42.3 Å². The van der Waals surface area contributed by atoms with E-state index in [0.717, 1.165) is 48.2 Å². The number of carbonyl (C=O) groups excluding carboxylic acids is 1. The highest BCUT2D eigenvalue weighted by Gasteiger charge is 2.34. The van der Waals surface area contributed by atoms with Gasteiger partial charge in [-0.1, -0.05) is 30.2 Å². The van der Waals surface area contributed by atoms with Crippen molar-refractivity contribution in [3.05, 3.63) is 40.3 Å². The number of amides is 1. The molecule has 0 saturated carbocycles. The summed E-state index contributed by atoms with van der Waals surface area (Å²) in [5.74, 6) is 0.591. The largest absolute Gasteiger partial charge is 0.357 e. The fourth-order valence-corrected chi connectivity index (χ4v) is 4.43. The molecule has 1 N–H and O–H groups in total. The summed E-state index contributed by atoms with van der Waals surface area (Å²) in [6.45, 7) is 2.10. The van der Waals surface area contributed by atoms with Gasteiger partial charge in [0, 0.05) is 42.7 Å². The predicted octanol–water partition coefficient (Wildman–Crippen LogP) is 2.66. The number of nitrogens with one attached hydrogen (secondary N) is 1. The third-order valence-corrected chi connectivity index (χ3v) is 5.87. The van der Waals surface area contributed by atoms with E-state index in [1.54, 1.807) is 4.68 Å². The molecule has 3 aromatic rings. The van der Waals surface area contributed by atoms with Crippen LogP contribution in [0.3, 0.4) is 0 Å². The average molecular weight is 371 g/mol. The zero-order valence-corrected chi connectivity index (χ0v) is 15.0. The summed E-state index contributed by atoms with van der Waals surface area (Å²) in [6.07, 6.45) is 3.63. The molecule has 1 aromatic carbocycles. The number of rotatable bonds is 1. The molecule has 0 spiro atoms. The van der Waals surface area contributed by atoms with E-state index in [-0.39, 0.29) is 11.8 Å². The van der Waals surface area contributed by atoms with Crippen molar-refractivity contribution in [1.82, 2.24) is 30.1 Å². The summed E-state index contributed by atoms with van der Waals surface area (Å²) >= 11 is 6.32. The van der Waals surface area contributed by atoms with Gasteiger partial charge in [0.15, 0.2) is 5.82 Å². The van der Waals surface area contributed by atoms with Crippen LogP contribution >= 0.6 is 11.6 Å². The minimum absolute atomic E-state index is 0.130. The van der Waals surface area contributed by atoms with Gasteiger partial charge in [-0.05, 0) is 29.3 Å². The number of nitrogens with zero attached hydrogens (tertiary/aromatic N) is 5. The first-order chi connectivity index (χ1) is 12.7. The first-order valence-electron chi connectivity index (χ1n) is 9.05. The number of tetrazole rings is 1. The van der Waals surface area contributed by atoms with Crippen LogP contribution < -0.4 is 0 Å². The summed E-state index contributed by atoms with van der Waals surface area (Å²) in [5.41, 5.74) is 3.32. The lowest BCUT2D eigenvalue weighted by Gasteiger charge is -2.30. The van der Waals surface area contributed by atoms with Crippen molar-refractivity contribution in [3.8, 4) is 0 Å². The minimum Gasteiger partial charge on any atom is -0.357 e. The summed E-state index contributed by atoms with van der Waals surface area (Å²) < 4.78 is 1.79. The molecule has 26 heavy (non-hydrogen) atoms. The topological polar surface area (TPSA) is 79.7 Å². The molecular formula is C18H19ClN6O. The van der Waals surface area contributed by atoms with Crippen molar-refractivity contribution < 1.29 is 4.79 Å². The normalized spacial score (nSPS) is 19.9. The molecule has 2 aliphatic rings. The van der Waals surface area contributed by atoms with Crippen LogP contribution in [-0.4, -0.2) is 42.5 Å². The number of para-hydroxylation sites is 1. The lowest BCUT2D eigenvalue weighted by molar-refractivity contribution is -0.134. The first-order valence-corrected chi connectivity index (χ1v) is 9.43. The average Bonchev–Trinajstić information content (AvgIpc) is 3.21. The second-order valence-electron chi connectivity index (χ2n) is 7.06. The van der Waals surface area contributed by atoms with Crippen LogP contribution in [0.15, 0.2) is 18.2 Å². The van der Waals surface area contributed by atoms with Gasteiger partial charge in [-0.15, -0.1) is 5.10 Å². The van der Waals surface area contributed by atoms with Gasteiger partial charge < -0.3 is 9.88 Å². The van der Waals surface area contributed by atoms with Crippen LogP contribution in [-0.2, 0) is 24.3 Å². The van der Waals surface area contributed by atoms with Crippen molar-refractivity contribution in [2.45, 2.75) is 44.7 Å². The van der Waals surface area contributed by atoms with Crippen LogP contribution in [0.5, 0.6) is 0 Å². The molecule has 134 valence electrons. The van der Waals surface area contributed by atoms with E-state index < -0.39 is 0 Å². The molecule has 0 bridgehead atoms. The van der Waals surface area contributed by atoms with Gasteiger partial charge >= 0.3 is 0 Å². The zero-order valence-electron chi connectivity index (χ0n) is 14.3. The highest BCUT2D eigenvalue weighted by Crippen LogP contribution is 2.33. The molecule has 2 aliphatic heterocycles. The van der Waals surface area contributed by atoms with Gasteiger partial charge in [0.1, 0.15) is 0 Å². The third-order valence-electron chi connectivity index (χ3n) is 5.55. The van der Waals surface area contributed by atoms with Crippen LogP contribution in [0.2, 0.25) is 5.02 Å². The van der Waals surface area contributed by atoms with Crippen LogP contribution in [0.25, 0.3) is 10.9 Å². The summed E-state index contributed by atoms with van der Waals surface area (Å²) in [5, 5.41) is 13.8. The van der Waals surface area contributed by atoms with Gasteiger partial charge in [-0.3, -0.25) is 4.79 Å². The number of aromatic amines is 1. The summed E-state index contributed by atoms with van der Waals surface area (Å²) in [4.78, 5) is 18.7. The Kier molecular flexibility index (Phi) is 3.70. The molecule has 1 atom stereocenters. The Labute approximate surface area is 155 Å². The molecule has 4 heterocycles. The van der Waals surface area contributed by atoms with Crippen LogP contribution in [0.4, 0.5) is 0 Å². The quantitative estimate of drug-likeness (QED) is 0.714. The van der Waals surface area contributed by atoms with Gasteiger partial charge in [0.05, 0.1) is 16.5 Å². The number of aromatic nitrogens is 5. The van der Waals surface area contributed by atoms with Crippen molar-refractivity contribution >= 4 is 28.4 Å². The number of hydrogen-bond acceptors (Lipinski definition) is 4. The molecule has 7 nitrogen and oxygen atoms in total. The van der Waals surface area contributed by atoms with Crippen molar-refractivity contribution in [2.24, 2.45) is 0 Å². The number of H-pyrrole nitrogens is 1. The van der Waals surface area contributed by atoms with Gasteiger partial charge in [-0.2, -0.15) is 0 Å². The standard InChI is InChI=1S/C18H19ClN6O/c19-14-6-3-5-11-13-10-24(9-7-15(13)20-16(11)14)18(26)12-4-1-2-8-25-17(12)21-22-23-25/h3,5-6,12,20H,1-2,4,7-10H2. The van der Waals surface area contributed by atoms with Crippen molar-refractivity contribution in [3.63, 3.8) is 0 Å². The summed E-state index contributed by atoms with van der Waals surface area (Å²) in [7, 11) is 0. The molecule has 8 heteroatoms. The predicted molar refractivity (Wildman–Crippen MR) is 96.8 cm³/mol. The number of aryl methyl sites for hydroxylation is 1. The third kappa shape index (κ3) is 2.41. The molecule has 1 unspecified atom stereocenters. The van der Waals surface area contributed by atoms with Crippen LogP contribution in [0, 0.1) is 0 Å². The molecule has 1 amide bonds. The summed E-state index contributed by atoms with van der Waals surface area (Å²) in [6, 6.07) is 5.91. The van der Waals surface area contributed by atoms with E-state index in [1.807, 2.05) is 17.0 Å². The Bertz CT molecular complexity index is 993. The first kappa shape index (κ1) is 15.8. The maximum Gasteiger partial charge on any atom is 0.233 e. The maximum absolute atomic E-state index is 13.3. The molecule has 5 rings (SSSR count). The zero-order chi connectivity index (χ0) is 17.7. The number of benzene rings is 1. The number of hydrogen-bond donors (Lipinski definition) is 1. The van der Waals surface area contributed by atoms with Gasteiger partial charge in [0.25, 0.3) is 0 Å². The number of halogens is 1. The molecular weight excluding hydrogens is 352 g/mol. The lowest BCUT2D eigenvalue weighted by atomic mass is 9.98.